The van der Waals surface area contributed by atoms with Gasteiger partial charge in [-0.05, 0) is 30.7 Å². The van der Waals surface area contributed by atoms with Crippen molar-refractivity contribution in [2.45, 2.75) is 50.3 Å². The van der Waals surface area contributed by atoms with E-state index in [9.17, 15) is 8.42 Å². The number of unbranched alkanes of at least 4 members (excludes halogenated alkanes) is 5. The van der Waals surface area contributed by atoms with Crippen molar-refractivity contribution in [2.24, 2.45) is 0 Å². The molecule has 1 aromatic rings. The van der Waals surface area contributed by atoms with Crippen LogP contribution in [-0.4, -0.2) is 33.4 Å². The fourth-order valence-corrected chi connectivity index (χ4v) is 3.00. The van der Waals surface area contributed by atoms with Gasteiger partial charge in [0, 0.05) is 26.3 Å². The number of benzene rings is 1. The van der Waals surface area contributed by atoms with Crippen molar-refractivity contribution in [3.8, 4) is 0 Å². The lowest BCUT2D eigenvalue weighted by Gasteiger charge is -2.12. The maximum atomic E-state index is 11.9. The maximum absolute atomic E-state index is 11.9. The molecule has 0 aromatic heterocycles. The lowest BCUT2D eigenvalue weighted by Crippen LogP contribution is -2.22. The topological polar surface area (TPSA) is 49.4 Å². The number of hydrogen-bond donors (Lipinski definition) is 1. The Kier molecular flexibility index (Phi) is 7.75. The predicted molar refractivity (Wildman–Crippen MR) is 89.2 cm³/mol. The van der Waals surface area contributed by atoms with E-state index in [4.69, 9.17) is 0 Å². The van der Waals surface area contributed by atoms with Crippen LogP contribution in [0.3, 0.4) is 0 Å². The zero-order valence-electron chi connectivity index (χ0n) is 13.4. The summed E-state index contributed by atoms with van der Waals surface area (Å²) in [7, 11) is -0.243. The van der Waals surface area contributed by atoms with Crippen molar-refractivity contribution in [1.82, 2.24) is 4.31 Å². The summed E-state index contributed by atoms with van der Waals surface area (Å²) in [5.74, 6) is 0. The molecule has 5 heteroatoms. The SMILES string of the molecule is CCCCCCCCNc1ccc(S(=O)(=O)N(C)C)cc1. The molecule has 0 radical (unpaired) electrons. The number of hydrogen-bond acceptors (Lipinski definition) is 3. The summed E-state index contributed by atoms with van der Waals surface area (Å²) < 4.78 is 25.1. The molecule has 21 heavy (non-hydrogen) atoms. The first-order valence-electron chi connectivity index (χ1n) is 7.75. The second-order valence-electron chi connectivity index (χ2n) is 5.51. The molecule has 0 aliphatic rings. The minimum absolute atomic E-state index is 0.331. The van der Waals surface area contributed by atoms with Gasteiger partial charge in [-0.25, -0.2) is 12.7 Å². The molecule has 0 amide bonds. The predicted octanol–water partition coefficient (Wildman–Crippen LogP) is 3.71. The Bertz CT molecular complexity index is 496. The molecule has 0 atom stereocenters. The number of anilines is 1. The molecular weight excluding hydrogens is 284 g/mol. The molecule has 0 fully saturated rings. The van der Waals surface area contributed by atoms with Crippen LogP contribution < -0.4 is 5.32 Å². The average molecular weight is 312 g/mol. The van der Waals surface area contributed by atoms with Crippen molar-refractivity contribution in [1.29, 1.82) is 0 Å². The molecule has 1 rings (SSSR count). The molecule has 0 heterocycles. The van der Waals surface area contributed by atoms with Crippen LogP contribution in [0.5, 0.6) is 0 Å². The van der Waals surface area contributed by atoms with E-state index in [-0.39, 0.29) is 0 Å². The van der Waals surface area contributed by atoms with Gasteiger partial charge >= 0.3 is 0 Å². The zero-order valence-corrected chi connectivity index (χ0v) is 14.2. The summed E-state index contributed by atoms with van der Waals surface area (Å²) in [6.07, 6.45) is 7.64. The van der Waals surface area contributed by atoms with Crippen molar-refractivity contribution in [3.05, 3.63) is 24.3 Å². The van der Waals surface area contributed by atoms with Gasteiger partial charge in [0.1, 0.15) is 0 Å². The third kappa shape index (κ3) is 6.06. The first-order chi connectivity index (χ1) is 9.98. The molecule has 1 aromatic carbocycles. The van der Waals surface area contributed by atoms with Crippen molar-refractivity contribution >= 4 is 15.7 Å². The van der Waals surface area contributed by atoms with Crippen molar-refractivity contribution in [3.63, 3.8) is 0 Å². The lowest BCUT2D eigenvalue weighted by atomic mass is 10.1. The van der Waals surface area contributed by atoms with Crippen LogP contribution in [0.25, 0.3) is 0 Å². The van der Waals surface area contributed by atoms with E-state index in [1.165, 1.54) is 36.4 Å². The van der Waals surface area contributed by atoms with Crippen LogP contribution in [0.1, 0.15) is 45.4 Å². The van der Waals surface area contributed by atoms with Crippen molar-refractivity contribution in [2.75, 3.05) is 26.0 Å². The number of nitrogens with zero attached hydrogens (tertiary/aromatic N) is 1. The van der Waals surface area contributed by atoms with Crippen LogP contribution in [0.2, 0.25) is 0 Å². The number of sulfonamides is 1. The molecule has 0 aliphatic heterocycles. The van der Waals surface area contributed by atoms with E-state index >= 15 is 0 Å². The quantitative estimate of drug-likeness (QED) is 0.670. The molecular formula is C16H28N2O2S. The lowest BCUT2D eigenvalue weighted by molar-refractivity contribution is 0.521. The highest BCUT2D eigenvalue weighted by Crippen LogP contribution is 2.16. The highest BCUT2D eigenvalue weighted by atomic mass is 32.2. The van der Waals surface area contributed by atoms with E-state index in [0.717, 1.165) is 18.7 Å². The first-order valence-corrected chi connectivity index (χ1v) is 9.19. The summed E-state index contributed by atoms with van der Waals surface area (Å²) in [6.45, 7) is 3.16. The Morgan fingerprint density at radius 3 is 2.10 bits per heavy atom. The van der Waals surface area contributed by atoms with Gasteiger partial charge in [-0.1, -0.05) is 39.0 Å². The Morgan fingerprint density at radius 2 is 1.52 bits per heavy atom. The second-order valence-corrected chi connectivity index (χ2v) is 7.66. The Balaban J connectivity index is 2.35. The normalized spacial score (nSPS) is 11.8. The van der Waals surface area contributed by atoms with Gasteiger partial charge in [-0.3, -0.25) is 0 Å². The molecule has 4 nitrogen and oxygen atoms in total. The molecule has 0 bridgehead atoms. The van der Waals surface area contributed by atoms with Crippen LogP contribution in [0.15, 0.2) is 29.2 Å². The van der Waals surface area contributed by atoms with Gasteiger partial charge in [0.25, 0.3) is 0 Å². The van der Waals surface area contributed by atoms with E-state index in [0.29, 0.717) is 4.90 Å². The molecule has 1 N–H and O–H groups in total. The summed E-state index contributed by atoms with van der Waals surface area (Å²) in [4.78, 5) is 0.331. The smallest absolute Gasteiger partial charge is 0.242 e. The minimum Gasteiger partial charge on any atom is -0.385 e. The second kappa shape index (κ2) is 9.05. The van der Waals surface area contributed by atoms with Crippen molar-refractivity contribution < 1.29 is 8.42 Å². The number of nitrogens with one attached hydrogen (secondary N) is 1. The summed E-state index contributed by atoms with van der Waals surface area (Å²) in [6, 6.07) is 6.96. The molecule has 0 saturated heterocycles. The Labute approximate surface area is 129 Å². The fourth-order valence-electron chi connectivity index (χ4n) is 2.09. The largest absolute Gasteiger partial charge is 0.385 e. The molecule has 0 unspecified atom stereocenters. The van der Waals surface area contributed by atoms with Crippen LogP contribution >= 0.6 is 0 Å². The van der Waals surface area contributed by atoms with E-state index in [2.05, 4.69) is 12.2 Å². The molecule has 120 valence electrons. The fraction of sp³-hybridized carbons (Fsp3) is 0.625. The third-order valence-electron chi connectivity index (χ3n) is 3.49. The van der Waals surface area contributed by atoms with Gasteiger partial charge < -0.3 is 5.32 Å². The average Bonchev–Trinajstić information content (AvgIpc) is 2.46. The first kappa shape index (κ1) is 18.0. The van der Waals surface area contributed by atoms with Gasteiger partial charge in [-0.15, -0.1) is 0 Å². The maximum Gasteiger partial charge on any atom is 0.242 e. The summed E-state index contributed by atoms with van der Waals surface area (Å²) >= 11 is 0. The Hall–Kier alpha value is -1.07. The Morgan fingerprint density at radius 1 is 0.952 bits per heavy atom. The zero-order chi connectivity index (χ0) is 15.7. The molecule has 0 spiro atoms. The van der Waals surface area contributed by atoms with Crippen LogP contribution in [-0.2, 0) is 10.0 Å². The van der Waals surface area contributed by atoms with Gasteiger partial charge in [0.05, 0.1) is 4.90 Å². The van der Waals surface area contributed by atoms with E-state index in [1.54, 1.807) is 26.2 Å². The molecule has 0 saturated carbocycles. The standard InChI is InChI=1S/C16H28N2O2S/c1-4-5-6-7-8-9-14-17-15-10-12-16(13-11-15)21(19,20)18(2)3/h10-13,17H,4-9,14H2,1-3H3. The molecule has 0 aliphatic carbocycles. The highest BCUT2D eigenvalue weighted by molar-refractivity contribution is 7.89. The minimum atomic E-state index is -3.33. The summed E-state index contributed by atoms with van der Waals surface area (Å²) in [5.41, 5.74) is 0.973. The monoisotopic (exact) mass is 312 g/mol. The van der Waals surface area contributed by atoms with E-state index < -0.39 is 10.0 Å². The highest BCUT2D eigenvalue weighted by Gasteiger charge is 2.16. The van der Waals surface area contributed by atoms with Crippen LogP contribution in [0.4, 0.5) is 5.69 Å². The van der Waals surface area contributed by atoms with E-state index in [1.807, 2.05) is 12.1 Å². The van der Waals surface area contributed by atoms with Crippen LogP contribution in [0, 0.1) is 0 Å². The number of rotatable bonds is 10. The van der Waals surface area contributed by atoms with Gasteiger partial charge in [-0.2, -0.15) is 0 Å². The van der Waals surface area contributed by atoms with Gasteiger partial charge in [0.15, 0.2) is 0 Å². The third-order valence-corrected chi connectivity index (χ3v) is 5.32. The van der Waals surface area contributed by atoms with Gasteiger partial charge in [0.2, 0.25) is 10.0 Å². The summed E-state index contributed by atoms with van der Waals surface area (Å²) in [5, 5.41) is 3.34.